The quantitative estimate of drug-likeness (QED) is 0.656. The number of aliphatic hydroxyl groups is 1. The SMILES string of the molecule is Cc1ccc(N2C(=O)[C@@H]3[C@@H]4C=C[C@@](CO)(O4)[C@@H]3C2=O)cc1C. The third-order valence-corrected chi connectivity index (χ3v) is 5.15. The summed E-state index contributed by atoms with van der Waals surface area (Å²) in [5.41, 5.74) is 1.71. The molecule has 3 aliphatic rings. The van der Waals surface area contributed by atoms with E-state index in [2.05, 4.69) is 0 Å². The summed E-state index contributed by atoms with van der Waals surface area (Å²) in [7, 11) is 0. The first-order chi connectivity index (χ1) is 10.5. The monoisotopic (exact) mass is 299 g/mol. The van der Waals surface area contributed by atoms with E-state index in [9.17, 15) is 14.7 Å². The van der Waals surface area contributed by atoms with Crippen LogP contribution in [0.5, 0.6) is 0 Å². The molecule has 114 valence electrons. The molecule has 3 heterocycles. The fourth-order valence-electron chi connectivity index (χ4n) is 3.80. The molecule has 5 nitrogen and oxygen atoms in total. The van der Waals surface area contributed by atoms with Gasteiger partial charge in [-0.05, 0) is 37.1 Å². The van der Waals surface area contributed by atoms with E-state index in [4.69, 9.17) is 4.74 Å². The number of rotatable bonds is 2. The molecule has 4 atom stereocenters. The number of hydrogen-bond acceptors (Lipinski definition) is 4. The summed E-state index contributed by atoms with van der Waals surface area (Å²) in [6.07, 6.45) is 3.10. The van der Waals surface area contributed by atoms with Crippen molar-refractivity contribution in [1.29, 1.82) is 0 Å². The summed E-state index contributed by atoms with van der Waals surface area (Å²) in [6, 6.07) is 5.56. The molecule has 2 saturated heterocycles. The Morgan fingerprint density at radius 2 is 2.00 bits per heavy atom. The van der Waals surface area contributed by atoms with Crippen LogP contribution in [-0.2, 0) is 14.3 Å². The molecule has 4 rings (SSSR count). The number of aliphatic hydroxyl groups excluding tert-OH is 1. The number of fused-ring (bicyclic) bond motifs is 5. The second-order valence-electron chi connectivity index (χ2n) is 6.34. The van der Waals surface area contributed by atoms with Crippen molar-refractivity contribution in [3.05, 3.63) is 41.5 Å². The van der Waals surface area contributed by atoms with E-state index < -0.39 is 23.5 Å². The highest BCUT2D eigenvalue weighted by atomic mass is 16.5. The minimum absolute atomic E-state index is 0.233. The molecule has 0 unspecified atom stereocenters. The Hall–Kier alpha value is -1.98. The molecule has 2 fully saturated rings. The van der Waals surface area contributed by atoms with Gasteiger partial charge in [0.15, 0.2) is 0 Å². The smallest absolute Gasteiger partial charge is 0.241 e. The molecule has 1 aromatic carbocycles. The Kier molecular flexibility index (Phi) is 2.65. The predicted octanol–water partition coefficient (Wildman–Crippen LogP) is 1.11. The standard InChI is InChI=1S/C17H17NO4/c1-9-3-4-11(7-10(9)2)18-15(20)13-12-5-6-17(8-19,22-12)14(13)16(18)21/h3-7,12-14,19H,8H2,1-2H3/t12-,13+,14-,17-/m0/s1. The lowest BCUT2D eigenvalue weighted by Crippen LogP contribution is -2.43. The van der Waals surface area contributed by atoms with Gasteiger partial charge in [0.05, 0.1) is 30.2 Å². The van der Waals surface area contributed by atoms with Crippen molar-refractivity contribution >= 4 is 17.5 Å². The van der Waals surface area contributed by atoms with E-state index in [0.29, 0.717) is 5.69 Å². The molecular weight excluding hydrogens is 282 g/mol. The van der Waals surface area contributed by atoms with E-state index in [1.54, 1.807) is 18.2 Å². The first-order valence-corrected chi connectivity index (χ1v) is 7.41. The van der Waals surface area contributed by atoms with Gasteiger partial charge in [-0.3, -0.25) is 9.59 Å². The Morgan fingerprint density at radius 1 is 1.23 bits per heavy atom. The molecule has 2 bridgehead atoms. The van der Waals surface area contributed by atoms with Crippen LogP contribution < -0.4 is 4.90 Å². The van der Waals surface area contributed by atoms with Crippen molar-refractivity contribution in [2.24, 2.45) is 11.8 Å². The van der Waals surface area contributed by atoms with Crippen molar-refractivity contribution in [2.75, 3.05) is 11.5 Å². The van der Waals surface area contributed by atoms with Gasteiger partial charge in [0, 0.05) is 0 Å². The minimum Gasteiger partial charge on any atom is -0.393 e. The summed E-state index contributed by atoms with van der Waals surface area (Å²) in [5, 5.41) is 9.67. The van der Waals surface area contributed by atoms with Crippen LogP contribution in [0.15, 0.2) is 30.4 Å². The van der Waals surface area contributed by atoms with Crippen molar-refractivity contribution in [1.82, 2.24) is 0 Å². The number of ether oxygens (including phenoxy) is 1. The number of benzene rings is 1. The van der Waals surface area contributed by atoms with Gasteiger partial charge in [0.1, 0.15) is 5.60 Å². The van der Waals surface area contributed by atoms with Crippen LogP contribution in [0, 0.1) is 25.7 Å². The van der Waals surface area contributed by atoms with Gasteiger partial charge >= 0.3 is 0 Å². The Morgan fingerprint density at radius 3 is 2.68 bits per heavy atom. The van der Waals surface area contributed by atoms with E-state index in [0.717, 1.165) is 11.1 Å². The molecule has 2 amide bonds. The van der Waals surface area contributed by atoms with Crippen LogP contribution in [-0.4, -0.2) is 35.2 Å². The molecule has 3 aliphatic heterocycles. The number of nitrogens with zero attached hydrogens (tertiary/aromatic N) is 1. The second kappa shape index (κ2) is 4.27. The molecule has 0 aliphatic carbocycles. The molecule has 0 spiro atoms. The van der Waals surface area contributed by atoms with Crippen molar-refractivity contribution in [3.63, 3.8) is 0 Å². The lowest BCUT2D eigenvalue weighted by atomic mass is 9.77. The summed E-state index contributed by atoms with van der Waals surface area (Å²) in [4.78, 5) is 26.8. The molecule has 5 heteroatoms. The van der Waals surface area contributed by atoms with Crippen LogP contribution in [0.1, 0.15) is 11.1 Å². The zero-order valence-corrected chi connectivity index (χ0v) is 12.4. The first-order valence-electron chi connectivity index (χ1n) is 7.41. The molecule has 0 aromatic heterocycles. The summed E-state index contributed by atoms with van der Waals surface area (Å²) in [5.74, 6) is -1.66. The zero-order valence-electron chi connectivity index (χ0n) is 12.4. The van der Waals surface area contributed by atoms with Crippen molar-refractivity contribution in [2.45, 2.75) is 25.6 Å². The van der Waals surface area contributed by atoms with Gasteiger partial charge in [0.2, 0.25) is 11.8 Å². The van der Waals surface area contributed by atoms with Crippen molar-refractivity contribution < 1.29 is 19.4 Å². The Bertz CT molecular complexity index is 725. The van der Waals surface area contributed by atoms with Gasteiger partial charge in [-0.25, -0.2) is 4.90 Å². The number of hydrogen-bond donors (Lipinski definition) is 1. The number of anilines is 1. The maximum Gasteiger partial charge on any atom is 0.241 e. The van der Waals surface area contributed by atoms with Crippen LogP contribution in [0.2, 0.25) is 0 Å². The lowest BCUT2D eigenvalue weighted by Gasteiger charge is -2.26. The van der Waals surface area contributed by atoms with Gasteiger partial charge in [-0.15, -0.1) is 0 Å². The highest BCUT2D eigenvalue weighted by Gasteiger charge is 2.67. The topological polar surface area (TPSA) is 66.8 Å². The highest BCUT2D eigenvalue weighted by molar-refractivity contribution is 6.23. The van der Waals surface area contributed by atoms with E-state index in [1.807, 2.05) is 26.0 Å². The molecular formula is C17H17NO4. The Labute approximate surface area is 128 Å². The number of carbonyl (C=O) groups is 2. The van der Waals surface area contributed by atoms with E-state index >= 15 is 0 Å². The average molecular weight is 299 g/mol. The van der Waals surface area contributed by atoms with Crippen LogP contribution >= 0.6 is 0 Å². The van der Waals surface area contributed by atoms with E-state index in [1.165, 1.54) is 4.90 Å². The predicted molar refractivity (Wildman–Crippen MR) is 79.2 cm³/mol. The first kappa shape index (κ1) is 13.7. The average Bonchev–Trinajstić information content (AvgIpc) is 3.14. The van der Waals surface area contributed by atoms with Gasteiger partial charge in [-0.2, -0.15) is 0 Å². The lowest BCUT2D eigenvalue weighted by molar-refractivity contribution is -0.128. The normalized spacial score (nSPS) is 35.6. The summed E-state index contributed by atoms with van der Waals surface area (Å²) in [6.45, 7) is 3.65. The maximum absolute atomic E-state index is 12.8. The number of imide groups is 1. The molecule has 0 radical (unpaired) electrons. The third kappa shape index (κ3) is 1.50. The van der Waals surface area contributed by atoms with Gasteiger partial charge in [0.25, 0.3) is 0 Å². The van der Waals surface area contributed by atoms with Crippen LogP contribution in [0.25, 0.3) is 0 Å². The van der Waals surface area contributed by atoms with Crippen LogP contribution in [0.3, 0.4) is 0 Å². The minimum atomic E-state index is -1.03. The summed E-state index contributed by atoms with van der Waals surface area (Å²) >= 11 is 0. The summed E-state index contributed by atoms with van der Waals surface area (Å²) < 4.78 is 5.71. The van der Waals surface area contributed by atoms with Gasteiger partial charge < -0.3 is 9.84 Å². The molecule has 0 saturated carbocycles. The maximum atomic E-state index is 12.8. The molecule has 1 N–H and O–H groups in total. The number of aryl methyl sites for hydroxylation is 2. The number of carbonyl (C=O) groups excluding carboxylic acids is 2. The zero-order chi connectivity index (χ0) is 15.6. The molecule has 1 aromatic rings. The number of amides is 2. The largest absolute Gasteiger partial charge is 0.393 e. The van der Waals surface area contributed by atoms with Crippen molar-refractivity contribution in [3.8, 4) is 0 Å². The van der Waals surface area contributed by atoms with Crippen LogP contribution in [0.4, 0.5) is 5.69 Å². The Balaban J connectivity index is 1.77. The molecule has 22 heavy (non-hydrogen) atoms. The highest BCUT2D eigenvalue weighted by Crippen LogP contribution is 2.52. The fraction of sp³-hybridized carbons (Fsp3) is 0.412. The second-order valence-corrected chi connectivity index (χ2v) is 6.34. The van der Waals surface area contributed by atoms with E-state index in [-0.39, 0.29) is 18.4 Å². The fourth-order valence-corrected chi connectivity index (χ4v) is 3.80. The third-order valence-electron chi connectivity index (χ3n) is 5.15. The van der Waals surface area contributed by atoms with Gasteiger partial charge in [-0.1, -0.05) is 18.2 Å².